The molecule has 3 heteroatoms. The van der Waals surface area contributed by atoms with Crippen molar-refractivity contribution < 1.29 is 4.79 Å². The van der Waals surface area contributed by atoms with E-state index in [4.69, 9.17) is 0 Å². The van der Waals surface area contributed by atoms with Gasteiger partial charge < -0.3 is 10.2 Å². The molecule has 0 bridgehead atoms. The predicted octanol–water partition coefficient (Wildman–Crippen LogP) is 3.47. The Hall–Kier alpha value is -1.61. The molecule has 1 atom stereocenters. The van der Waals surface area contributed by atoms with Crippen molar-refractivity contribution in [2.24, 2.45) is 0 Å². The summed E-state index contributed by atoms with van der Waals surface area (Å²) in [5.74, 6) is 0.203. The number of rotatable bonds is 6. The molecule has 0 aromatic heterocycles. The molecule has 0 radical (unpaired) electrons. The lowest BCUT2D eigenvalue weighted by Crippen LogP contribution is -2.44. The number of carbonyl (C=O) groups is 1. The van der Waals surface area contributed by atoms with Gasteiger partial charge in [0.05, 0.1) is 0 Å². The number of benzene rings is 1. The average molecular weight is 300 g/mol. The van der Waals surface area contributed by atoms with Crippen LogP contribution in [0.1, 0.15) is 45.6 Å². The zero-order valence-corrected chi connectivity index (χ0v) is 14.1. The second-order valence-corrected chi connectivity index (χ2v) is 5.78. The molecule has 1 amide bonds. The molecule has 0 fully saturated rings. The van der Waals surface area contributed by atoms with Crippen molar-refractivity contribution in [2.75, 3.05) is 19.6 Å². The van der Waals surface area contributed by atoms with Gasteiger partial charge in [-0.3, -0.25) is 4.79 Å². The standard InChI is InChI=1S/C19H28N2O/c1-4-10-17-18(19(22)21(5-2)6-3)16(13-14-20-17)15-11-8-7-9-12-15/h7-9,11-12,17,20H,4-6,10,13-14H2,1-3H3. The summed E-state index contributed by atoms with van der Waals surface area (Å²) in [4.78, 5) is 15.0. The van der Waals surface area contributed by atoms with Gasteiger partial charge in [0.2, 0.25) is 0 Å². The molecule has 1 aliphatic rings. The molecule has 0 aliphatic carbocycles. The van der Waals surface area contributed by atoms with Gasteiger partial charge in [-0.2, -0.15) is 0 Å². The molecule has 1 aromatic rings. The molecule has 1 heterocycles. The normalized spacial score (nSPS) is 18.4. The van der Waals surface area contributed by atoms with Crippen molar-refractivity contribution in [2.45, 2.75) is 46.1 Å². The summed E-state index contributed by atoms with van der Waals surface area (Å²) in [6, 6.07) is 10.6. The summed E-state index contributed by atoms with van der Waals surface area (Å²) in [6.45, 7) is 8.76. The SMILES string of the molecule is CCCC1NCCC(c2ccccc2)=C1C(=O)N(CC)CC. The van der Waals surface area contributed by atoms with Crippen LogP contribution in [0.2, 0.25) is 0 Å². The van der Waals surface area contributed by atoms with Crippen LogP contribution in [0.4, 0.5) is 0 Å². The molecule has 120 valence electrons. The minimum Gasteiger partial charge on any atom is -0.339 e. The Morgan fingerprint density at radius 3 is 2.45 bits per heavy atom. The first-order chi connectivity index (χ1) is 10.7. The van der Waals surface area contributed by atoms with Crippen molar-refractivity contribution in [3.63, 3.8) is 0 Å². The average Bonchev–Trinajstić information content (AvgIpc) is 2.56. The van der Waals surface area contributed by atoms with Crippen LogP contribution in [0.15, 0.2) is 35.9 Å². The Morgan fingerprint density at radius 2 is 1.86 bits per heavy atom. The lowest BCUT2D eigenvalue weighted by atomic mass is 9.87. The molecule has 22 heavy (non-hydrogen) atoms. The summed E-state index contributed by atoms with van der Waals surface area (Å²) in [6.07, 6.45) is 3.01. The first-order valence-corrected chi connectivity index (χ1v) is 8.53. The number of carbonyl (C=O) groups excluding carboxylic acids is 1. The largest absolute Gasteiger partial charge is 0.339 e. The zero-order valence-electron chi connectivity index (χ0n) is 14.1. The van der Waals surface area contributed by atoms with Gasteiger partial charge in [-0.05, 0) is 44.4 Å². The van der Waals surface area contributed by atoms with E-state index in [1.807, 2.05) is 11.0 Å². The van der Waals surface area contributed by atoms with Gasteiger partial charge >= 0.3 is 0 Å². The molecule has 1 unspecified atom stereocenters. The second-order valence-electron chi connectivity index (χ2n) is 5.78. The number of hydrogen-bond acceptors (Lipinski definition) is 2. The van der Waals surface area contributed by atoms with Crippen LogP contribution in [-0.4, -0.2) is 36.5 Å². The minimum atomic E-state index is 0.182. The van der Waals surface area contributed by atoms with E-state index in [-0.39, 0.29) is 11.9 Å². The number of nitrogens with zero attached hydrogens (tertiary/aromatic N) is 1. The van der Waals surface area contributed by atoms with E-state index >= 15 is 0 Å². The fourth-order valence-electron chi connectivity index (χ4n) is 3.25. The molecule has 0 spiro atoms. The Kier molecular flexibility index (Phi) is 6.20. The molecule has 1 aliphatic heterocycles. The number of amides is 1. The van der Waals surface area contributed by atoms with Crippen LogP contribution >= 0.6 is 0 Å². The summed E-state index contributed by atoms with van der Waals surface area (Å²) in [5, 5.41) is 3.55. The predicted molar refractivity (Wildman–Crippen MR) is 92.6 cm³/mol. The van der Waals surface area contributed by atoms with Crippen LogP contribution in [0, 0.1) is 0 Å². The molecule has 1 N–H and O–H groups in total. The van der Waals surface area contributed by atoms with Gasteiger partial charge in [0.1, 0.15) is 0 Å². The number of nitrogens with one attached hydrogen (secondary N) is 1. The maximum Gasteiger partial charge on any atom is 0.251 e. The third-order valence-electron chi connectivity index (χ3n) is 4.42. The smallest absolute Gasteiger partial charge is 0.251 e. The van der Waals surface area contributed by atoms with Gasteiger partial charge in [0.15, 0.2) is 0 Å². The Balaban J connectivity index is 2.48. The lowest BCUT2D eigenvalue weighted by molar-refractivity contribution is -0.127. The topological polar surface area (TPSA) is 32.3 Å². The van der Waals surface area contributed by atoms with Crippen LogP contribution in [0.3, 0.4) is 0 Å². The summed E-state index contributed by atoms with van der Waals surface area (Å²) >= 11 is 0. The fraction of sp³-hybridized carbons (Fsp3) is 0.526. The highest BCUT2D eigenvalue weighted by Gasteiger charge is 2.30. The van der Waals surface area contributed by atoms with E-state index in [0.29, 0.717) is 0 Å². The van der Waals surface area contributed by atoms with Crippen molar-refractivity contribution in [1.29, 1.82) is 0 Å². The van der Waals surface area contributed by atoms with Crippen LogP contribution < -0.4 is 5.32 Å². The Morgan fingerprint density at radius 1 is 1.18 bits per heavy atom. The zero-order chi connectivity index (χ0) is 15.9. The summed E-state index contributed by atoms with van der Waals surface area (Å²) in [7, 11) is 0. The van der Waals surface area contributed by atoms with Gasteiger partial charge in [-0.15, -0.1) is 0 Å². The Labute approximate surface area is 134 Å². The van der Waals surface area contributed by atoms with Crippen molar-refractivity contribution in [3.8, 4) is 0 Å². The quantitative estimate of drug-likeness (QED) is 0.872. The molecule has 2 rings (SSSR count). The minimum absolute atomic E-state index is 0.182. The van der Waals surface area contributed by atoms with Gasteiger partial charge in [0, 0.05) is 24.7 Å². The highest BCUT2D eigenvalue weighted by Crippen LogP contribution is 2.30. The first-order valence-electron chi connectivity index (χ1n) is 8.53. The molecule has 3 nitrogen and oxygen atoms in total. The van der Waals surface area contributed by atoms with Crippen LogP contribution in [0.5, 0.6) is 0 Å². The highest BCUT2D eigenvalue weighted by atomic mass is 16.2. The van der Waals surface area contributed by atoms with Crippen molar-refractivity contribution in [1.82, 2.24) is 10.2 Å². The monoisotopic (exact) mass is 300 g/mol. The molecule has 0 saturated heterocycles. The van der Waals surface area contributed by atoms with E-state index in [1.165, 1.54) is 11.1 Å². The van der Waals surface area contributed by atoms with Crippen LogP contribution in [0.25, 0.3) is 5.57 Å². The van der Waals surface area contributed by atoms with Crippen molar-refractivity contribution in [3.05, 3.63) is 41.5 Å². The molecule has 1 aromatic carbocycles. The van der Waals surface area contributed by atoms with Gasteiger partial charge in [-0.1, -0.05) is 43.7 Å². The van der Waals surface area contributed by atoms with Gasteiger partial charge in [0.25, 0.3) is 5.91 Å². The third kappa shape index (κ3) is 3.58. The maximum absolute atomic E-state index is 13.1. The molecule has 0 saturated carbocycles. The number of likely N-dealkylation sites (N-methyl/N-ethyl adjacent to an activating group) is 1. The maximum atomic E-state index is 13.1. The summed E-state index contributed by atoms with van der Waals surface area (Å²) < 4.78 is 0. The van der Waals surface area contributed by atoms with E-state index in [0.717, 1.165) is 44.5 Å². The van der Waals surface area contributed by atoms with E-state index < -0.39 is 0 Å². The van der Waals surface area contributed by atoms with Crippen molar-refractivity contribution >= 4 is 11.5 Å². The van der Waals surface area contributed by atoms with E-state index in [2.05, 4.69) is 50.4 Å². The van der Waals surface area contributed by atoms with Gasteiger partial charge in [-0.25, -0.2) is 0 Å². The summed E-state index contributed by atoms with van der Waals surface area (Å²) in [5.41, 5.74) is 3.42. The van der Waals surface area contributed by atoms with E-state index in [1.54, 1.807) is 0 Å². The molecular weight excluding hydrogens is 272 g/mol. The number of hydrogen-bond donors (Lipinski definition) is 1. The Bertz CT molecular complexity index is 517. The fourth-order valence-corrected chi connectivity index (χ4v) is 3.25. The lowest BCUT2D eigenvalue weighted by Gasteiger charge is -2.32. The molecular formula is C19H28N2O. The third-order valence-corrected chi connectivity index (χ3v) is 4.42. The van der Waals surface area contributed by atoms with E-state index in [9.17, 15) is 4.79 Å². The first kappa shape index (κ1) is 16.8. The second kappa shape index (κ2) is 8.14. The van der Waals surface area contributed by atoms with Crippen LogP contribution in [-0.2, 0) is 4.79 Å². The highest BCUT2D eigenvalue weighted by molar-refractivity contribution is 6.02.